The molecule has 1 heterocycles. The molecule has 0 spiro atoms. The van der Waals surface area contributed by atoms with Gasteiger partial charge >= 0.3 is 5.97 Å². The molecule has 0 aromatic carbocycles. The number of esters is 1. The maximum Gasteiger partial charge on any atom is 0.308 e. The maximum atomic E-state index is 12.3. The van der Waals surface area contributed by atoms with Gasteiger partial charge in [-0.15, -0.1) is 0 Å². The van der Waals surface area contributed by atoms with Crippen molar-refractivity contribution in [3.63, 3.8) is 0 Å². The molecule has 4 aliphatic carbocycles. The molecule has 5 aliphatic rings. The van der Waals surface area contributed by atoms with E-state index in [9.17, 15) is 4.79 Å². The van der Waals surface area contributed by atoms with E-state index in [2.05, 4.69) is 0 Å². The van der Waals surface area contributed by atoms with E-state index in [0.29, 0.717) is 11.8 Å². The van der Waals surface area contributed by atoms with Crippen LogP contribution in [0.3, 0.4) is 0 Å². The van der Waals surface area contributed by atoms with Gasteiger partial charge in [0.2, 0.25) is 6.29 Å². The Hall–Kier alpha value is -0.570. The van der Waals surface area contributed by atoms with Gasteiger partial charge in [-0.1, -0.05) is 0 Å². The normalized spacial score (nSPS) is 46.4. The molecule has 5 rings (SSSR count). The highest BCUT2D eigenvalue weighted by atomic mass is 16.7. The first-order chi connectivity index (χ1) is 9.71. The van der Waals surface area contributed by atoms with Crippen LogP contribution >= 0.6 is 0 Å². The molecule has 4 saturated carbocycles. The zero-order chi connectivity index (χ0) is 13.6. The quantitative estimate of drug-likeness (QED) is 0.739. The second-order valence-corrected chi connectivity index (χ2v) is 7.88. The van der Waals surface area contributed by atoms with Crippen molar-refractivity contribution in [2.75, 3.05) is 6.61 Å². The fourth-order valence-corrected chi connectivity index (χ4v) is 5.81. The van der Waals surface area contributed by atoms with Crippen LogP contribution in [0.2, 0.25) is 0 Å². The molecule has 3 heteroatoms. The topological polar surface area (TPSA) is 35.5 Å². The van der Waals surface area contributed by atoms with Crippen LogP contribution in [0.25, 0.3) is 0 Å². The lowest BCUT2D eigenvalue weighted by molar-refractivity contribution is -0.192. The van der Waals surface area contributed by atoms with Crippen molar-refractivity contribution in [3.05, 3.63) is 0 Å². The third kappa shape index (κ3) is 2.49. The van der Waals surface area contributed by atoms with E-state index in [1.807, 2.05) is 0 Å². The molecule has 5 fully saturated rings. The van der Waals surface area contributed by atoms with Crippen LogP contribution in [-0.4, -0.2) is 18.9 Å². The minimum Gasteiger partial charge on any atom is -0.436 e. The molecule has 1 unspecified atom stereocenters. The average molecular weight is 278 g/mol. The largest absolute Gasteiger partial charge is 0.436 e. The van der Waals surface area contributed by atoms with E-state index >= 15 is 0 Å². The smallest absolute Gasteiger partial charge is 0.308 e. The second-order valence-electron chi connectivity index (χ2n) is 7.88. The summed E-state index contributed by atoms with van der Waals surface area (Å²) in [4.78, 5) is 12.3. The molecule has 1 atom stereocenters. The highest BCUT2D eigenvalue weighted by Crippen LogP contribution is 2.61. The average Bonchev–Trinajstić information content (AvgIpc) is 2.37. The van der Waals surface area contributed by atoms with Crippen LogP contribution in [0.4, 0.5) is 0 Å². The number of hydrogen-bond donors (Lipinski definition) is 0. The van der Waals surface area contributed by atoms with Crippen LogP contribution in [0.5, 0.6) is 0 Å². The van der Waals surface area contributed by atoms with Gasteiger partial charge in [0.25, 0.3) is 0 Å². The SMILES string of the molecule is O=C(CC12CC3CC(CC(C3)C1)C2)OC1CCCCO1. The lowest BCUT2D eigenvalue weighted by atomic mass is 9.49. The van der Waals surface area contributed by atoms with E-state index in [-0.39, 0.29) is 12.3 Å². The monoisotopic (exact) mass is 278 g/mol. The van der Waals surface area contributed by atoms with Crippen LogP contribution in [-0.2, 0) is 14.3 Å². The summed E-state index contributed by atoms with van der Waals surface area (Å²) >= 11 is 0. The minimum absolute atomic E-state index is 0.00106. The van der Waals surface area contributed by atoms with Crippen LogP contribution in [0.1, 0.15) is 64.2 Å². The van der Waals surface area contributed by atoms with E-state index in [0.717, 1.165) is 43.6 Å². The van der Waals surface area contributed by atoms with Gasteiger partial charge in [-0.3, -0.25) is 4.79 Å². The predicted octanol–water partition coefficient (Wildman–Crippen LogP) is 3.66. The Bertz CT molecular complexity index is 348. The minimum atomic E-state index is -0.259. The molecule has 112 valence electrons. The van der Waals surface area contributed by atoms with E-state index in [4.69, 9.17) is 9.47 Å². The highest BCUT2D eigenvalue weighted by Gasteiger charge is 2.51. The molecular formula is C17H26O3. The Morgan fingerprint density at radius 2 is 1.70 bits per heavy atom. The van der Waals surface area contributed by atoms with Gasteiger partial charge in [0, 0.05) is 6.42 Å². The third-order valence-electron chi connectivity index (χ3n) is 6.09. The molecule has 4 bridgehead atoms. The summed E-state index contributed by atoms with van der Waals surface area (Å²) in [6.45, 7) is 0.745. The number of rotatable bonds is 3. The Morgan fingerprint density at radius 3 is 2.25 bits per heavy atom. The molecule has 0 amide bonds. The zero-order valence-corrected chi connectivity index (χ0v) is 12.3. The molecule has 0 radical (unpaired) electrons. The molecule has 20 heavy (non-hydrogen) atoms. The number of hydrogen-bond acceptors (Lipinski definition) is 3. The van der Waals surface area contributed by atoms with Gasteiger partial charge in [-0.05, 0) is 74.5 Å². The van der Waals surface area contributed by atoms with Crippen molar-refractivity contribution < 1.29 is 14.3 Å². The van der Waals surface area contributed by atoms with E-state index < -0.39 is 0 Å². The molecular weight excluding hydrogens is 252 g/mol. The summed E-state index contributed by atoms with van der Waals surface area (Å²) < 4.78 is 11.1. The van der Waals surface area contributed by atoms with Crippen LogP contribution in [0.15, 0.2) is 0 Å². The fourth-order valence-electron chi connectivity index (χ4n) is 5.81. The molecule has 1 saturated heterocycles. The van der Waals surface area contributed by atoms with Crippen molar-refractivity contribution >= 4 is 5.97 Å². The third-order valence-corrected chi connectivity index (χ3v) is 6.09. The Balaban J connectivity index is 1.37. The van der Waals surface area contributed by atoms with Gasteiger partial charge in [-0.2, -0.15) is 0 Å². The first kappa shape index (κ1) is 13.1. The van der Waals surface area contributed by atoms with Gasteiger partial charge in [0.05, 0.1) is 13.0 Å². The molecule has 3 nitrogen and oxygen atoms in total. The molecule has 0 aromatic heterocycles. The van der Waals surface area contributed by atoms with Crippen molar-refractivity contribution in [2.24, 2.45) is 23.2 Å². The Morgan fingerprint density at radius 1 is 1.05 bits per heavy atom. The molecule has 0 aromatic rings. The maximum absolute atomic E-state index is 12.3. The van der Waals surface area contributed by atoms with Gasteiger partial charge in [-0.25, -0.2) is 0 Å². The van der Waals surface area contributed by atoms with Crippen molar-refractivity contribution in [1.82, 2.24) is 0 Å². The summed E-state index contributed by atoms with van der Waals surface area (Å²) in [7, 11) is 0. The number of carbonyl (C=O) groups excluding carboxylic acids is 1. The molecule has 1 aliphatic heterocycles. The Labute approximate surface area is 121 Å². The molecule has 0 N–H and O–H groups in total. The summed E-state index contributed by atoms with van der Waals surface area (Å²) in [6, 6.07) is 0. The fraction of sp³-hybridized carbons (Fsp3) is 0.941. The predicted molar refractivity (Wildman–Crippen MR) is 74.9 cm³/mol. The van der Waals surface area contributed by atoms with E-state index in [1.165, 1.54) is 38.5 Å². The van der Waals surface area contributed by atoms with Crippen molar-refractivity contribution in [3.8, 4) is 0 Å². The number of carbonyl (C=O) groups is 1. The second kappa shape index (κ2) is 5.01. The highest BCUT2D eigenvalue weighted by molar-refractivity contribution is 5.70. The summed E-state index contributed by atoms with van der Waals surface area (Å²) in [5, 5.41) is 0. The number of ether oxygens (including phenoxy) is 2. The Kier molecular flexibility index (Phi) is 3.29. The lowest BCUT2D eigenvalue weighted by Crippen LogP contribution is -2.47. The summed E-state index contributed by atoms with van der Waals surface area (Å²) in [5.74, 6) is 2.71. The van der Waals surface area contributed by atoms with E-state index in [1.54, 1.807) is 0 Å². The summed E-state index contributed by atoms with van der Waals surface area (Å²) in [6.07, 6.45) is 11.6. The van der Waals surface area contributed by atoms with Crippen molar-refractivity contribution in [2.45, 2.75) is 70.5 Å². The van der Waals surface area contributed by atoms with Gasteiger partial charge in [0.15, 0.2) is 0 Å². The zero-order valence-electron chi connectivity index (χ0n) is 12.3. The van der Waals surface area contributed by atoms with Gasteiger partial charge < -0.3 is 9.47 Å². The first-order valence-corrected chi connectivity index (χ1v) is 8.52. The lowest BCUT2D eigenvalue weighted by Gasteiger charge is -2.56. The van der Waals surface area contributed by atoms with Crippen molar-refractivity contribution in [1.29, 1.82) is 0 Å². The van der Waals surface area contributed by atoms with Crippen LogP contribution < -0.4 is 0 Å². The van der Waals surface area contributed by atoms with Crippen LogP contribution in [0, 0.1) is 23.2 Å². The summed E-state index contributed by atoms with van der Waals surface area (Å²) in [5.41, 5.74) is 0.292. The first-order valence-electron chi connectivity index (χ1n) is 8.52. The van der Waals surface area contributed by atoms with Gasteiger partial charge in [0.1, 0.15) is 0 Å². The standard InChI is InChI=1S/C17H26O3/c18-15(20-16-3-1-2-4-19-16)11-17-8-12-5-13(9-17)7-14(6-12)10-17/h12-14,16H,1-11H2.